The summed E-state index contributed by atoms with van der Waals surface area (Å²) in [7, 11) is 0. The summed E-state index contributed by atoms with van der Waals surface area (Å²) in [5.74, 6) is -0.216. The topological polar surface area (TPSA) is 79.5 Å². The van der Waals surface area contributed by atoms with Crippen molar-refractivity contribution in [3.05, 3.63) is 71.3 Å². The molecule has 0 aliphatic rings. The second kappa shape index (κ2) is 10.1. The lowest BCUT2D eigenvalue weighted by molar-refractivity contribution is -0.123. The third-order valence-corrected chi connectivity index (χ3v) is 3.55. The molecular formula is C20H21N3O3S. The molecule has 0 saturated heterocycles. The lowest BCUT2D eigenvalue weighted by atomic mass is 10.1. The Hall–Kier alpha value is -3.19. The maximum Gasteiger partial charge on any atom is 0.276 e. The highest BCUT2D eigenvalue weighted by Crippen LogP contribution is 2.15. The first-order valence-electron chi connectivity index (χ1n) is 8.26. The normalized spacial score (nSPS) is 10.3. The van der Waals surface area contributed by atoms with E-state index in [0.717, 1.165) is 16.7 Å². The number of hydrazine groups is 1. The number of carbonyl (C=O) groups is 2. The van der Waals surface area contributed by atoms with E-state index in [4.69, 9.17) is 17.0 Å². The summed E-state index contributed by atoms with van der Waals surface area (Å²) >= 11 is 4.96. The van der Waals surface area contributed by atoms with Crippen molar-refractivity contribution in [1.82, 2.24) is 16.2 Å². The van der Waals surface area contributed by atoms with Gasteiger partial charge in [-0.2, -0.15) is 0 Å². The van der Waals surface area contributed by atoms with Crippen molar-refractivity contribution in [1.29, 1.82) is 0 Å². The van der Waals surface area contributed by atoms with Gasteiger partial charge >= 0.3 is 0 Å². The highest BCUT2D eigenvalue weighted by molar-refractivity contribution is 7.80. The van der Waals surface area contributed by atoms with E-state index >= 15 is 0 Å². The van der Waals surface area contributed by atoms with Crippen molar-refractivity contribution in [3.8, 4) is 5.75 Å². The summed E-state index contributed by atoms with van der Waals surface area (Å²) in [6.07, 6.45) is 3.02. The fraction of sp³-hybridized carbons (Fsp3) is 0.150. The van der Waals surface area contributed by atoms with Crippen LogP contribution in [0, 0.1) is 13.8 Å². The first-order chi connectivity index (χ1) is 12.9. The van der Waals surface area contributed by atoms with Gasteiger partial charge in [0.1, 0.15) is 5.75 Å². The molecule has 6 nitrogen and oxygen atoms in total. The summed E-state index contributed by atoms with van der Waals surface area (Å²) in [5.41, 5.74) is 7.82. The summed E-state index contributed by atoms with van der Waals surface area (Å²) in [5, 5.41) is 2.42. The number of nitrogens with one attached hydrogen (secondary N) is 3. The van der Waals surface area contributed by atoms with Crippen LogP contribution in [-0.2, 0) is 9.59 Å². The van der Waals surface area contributed by atoms with Crippen LogP contribution in [0.1, 0.15) is 16.7 Å². The summed E-state index contributed by atoms with van der Waals surface area (Å²) in [6.45, 7) is 3.73. The summed E-state index contributed by atoms with van der Waals surface area (Å²) in [6, 6.07) is 15.1. The van der Waals surface area contributed by atoms with Gasteiger partial charge in [-0.25, -0.2) is 0 Å². The van der Waals surface area contributed by atoms with Crippen molar-refractivity contribution in [3.63, 3.8) is 0 Å². The van der Waals surface area contributed by atoms with Crippen molar-refractivity contribution in [2.45, 2.75) is 13.8 Å². The first kappa shape index (κ1) is 20.1. The number of carbonyl (C=O) groups excluding carboxylic acids is 2. The number of benzene rings is 2. The minimum atomic E-state index is -0.425. The van der Waals surface area contributed by atoms with Crippen LogP contribution in [0.3, 0.4) is 0 Å². The van der Waals surface area contributed by atoms with Gasteiger partial charge in [-0.1, -0.05) is 36.4 Å². The standard InChI is InChI=1S/C20H21N3O3S/c1-14-10-15(2)12-17(11-14)26-13-19(25)22-23-20(27)21-18(24)9-8-16-6-4-3-5-7-16/h3-12H,13H2,1-2H3,(H,22,25)(H2,21,23,24,27). The van der Waals surface area contributed by atoms with Crippen molar-refractivity contribution >= 4 is 35.2 Å². The SMILES string of the molecule is Cc1cc(C)cc(OCC(=O)NNC(=S)NC(=O)C=Cc2ccccc2)c1. The van der Waals surface area contributed by atoms with Gasteiger partial charge in [0.15, 0.2) is 11.7 Å². The summed E-state index contributed by atoms with van der Waals surface area (Å²) < 4.78 is 5.44. The Morgan fingerprint density at radius 1 is 1.04 bits per heavy atom. The van der Waals surface area contributed by atoms with Crippen LogP contribution < -0.4 is 20.9 Å². The van der Waals surface area contributed by atoms with Gasteiger partial charge in [0.05, 0.1) is 0 Å². The molecule has 2 rings (SSSR count). The Morgan fingerprint density at radius 3 is 2.37 bits per heavy atom. The predicted molar refractivity (Wildman–Crippen MR) is 109 cm³/mol. The van der Waals surface area contributed by atoms with Crippen molar-refractivity contribution in [2.24, 2.45) is 0 Å². The van der Waals surface area contributed by atoms with Crippen LogP contribution >= 0.6 is 12.2 Å². The van der Waals surface area contributed by atoms with Gasteiger partial charge < -0.3 is 4.74 Å². The quantitative estimate of drug-likeness (QED) is 0.420. The average Bonchev–Trinajstić information content (AvgIpc) is 2.63. The van der Waals surface area contributed by atoms with E-state index in [1.54, 1.807) is 6.08 Å². The molecule has 2 aromatic carbocycles. The predicted octanol–water partition coefficient (Wildman–Crippen LogP) is 2.42. The minimum absolute atomic E-state index is 0.0162. The van der Waals surface area contributed by atoms with E-state index in [1.165, 1.54) is 6.08 Å². The molecule has 0 radical (unpaired) electrons. The largest absolute Gasteiger partial charge is 0.484 e. The zero-order chi connectivity index (χ0) is 19.6. The number of rotatable bonds is 5. The zero-order valence-electron chi connectivity index (χ0n) is 15.1. The molecule has 0 heterocycles. The van der Waals surface area contributed by atoms with Gasteiger partial charge in [0, 0.05) is 6.08 Å². The Labute approximate surface area is 163 Å². The van der Waals surface area contributed by atoms with Crippen molar-refractivity contribution in [2.75, 3.05) is 6.61 Å². The maximum atomic E-state index is 11.8. The van der Waals surface area contributed by atoms with Crippen LogP contribution in [0.2, 0.25) is 0 Å². The number of aryl methyl sites for hydroxylation is 2. The molecule has 0 aliphatic heterocycles. The van der Waals surface area contributed by atoms with Crippen molar-refractivity contribution < 1.29 is 14.3 Å². The maximum absolute atomic E-state index is 11.8. The Morgan fingerprint density at radius 2 is 1.70 bits per heavy atom. The molecule has 0 saturated carbocycles. The number of thiocarbonyl (C=S) groups is 1. The second-order valence-corrected chi connectivity index (χ2v) is 6.26. The van der Waals surface area contributed by atoms with Gasteiger partial charge in [-0.3, -0.25) is 25.8 Å². The summed E-state index contributed by atoms with van der Waals surface area (Å²) in [4.78, 5) is 23.6. The van der Waals surface area contributed by atoms with Gasteiger partial charge in [0.2, 0.25) is 5.91 Å². The molecular weight excluding hydrogens is 362 g/mol. The van der Waals surface area contributed by atoms with Crippen LogP contribution in [0.25, 0.3) is 6.08 Å². The molecule has 3 N–H and O–H groups in total. The molecule has 0 aliphatic carbocycles. The number of hydrogen-bond donors (Lipinski definition) is 3. The number of hydrogen-bond acceptors (Lipinski definition) is 4. The van der Waals surface area contributed by atoms with Gasteiger partial charge in [0.25, 0.3) is 5.91 Å². The van der Waals surface area contributed by atoms with Crippen LogP contribution in [-0.4, -0.2) is 23.5 Å². The van der Waals surface area contributed by atoms with E-state index in [-0.39, 0.29) is 11.7 Å². The van der Waals surface area contributed by atoms with E-state index in [2.05, 4.69) is 16.2 Å². The number of ether oxygens (including phenoxy) is 1. The van der Waals surface area contributed by atoms with Crippen LogP contribution in [0.4, 0.5) is 0 Å². The molecule has 0 unspecified atom stereocenters. The van der Waals surface area contributed by atoms with Gasteiger partial charge in [-0.15, -0.1) is 0 Å². The monoisotopic (exact) mass is 383 g/mol. The Balaban J connectivity index is 1.70. The molecule has 2 aromatic rings. The van der Waals surface area contributed by atoms with E-state index in [0.29, 0.717) is 5.75 Å². The lowest BCUT2D eigenvalue weighted by Crippen LogP contribution is -2.49. The van der Waals surface area contributed by atoms with Gasteiger partial charge in [-0.05, 0) is 61.0 Å². The molecule has 140 valence electrons. The molecule has 7 heteroatoms. The lowest BCUT2D eigenvalue weighted by Gasteiger charge is -2.11. The zero-order valence-corrected chi connectivity index (χ0v) is 15.9. The fourth-order valence-corrected chi connectivity index (χ4v) is 2.40. The molecule has 0 bridgehead atoms. The minimum Gasteiger partial charge on any atom is -0.484 e. The first-order valence-corrected chi connectivity index (χ1v) is 8.67. The molecule has 27 heavy (non-hydrogen) atoms. The van der Waals surface area contributed by atoms with E-state index in [1.807, 2.05) is 62.4 Å². The third kappa shape index (κ3) is 7.70. The van der Waals surface area contributed by atoms with Crippen LogP contribution in [0.15, 0.2) is 54.6 Å². The molecule has 0 aromatic heterocycles. The van der Waals surface area contributed by atoms with E-state index in [9.17, 15) is 9.59 Å². The molecule has 0 spiro atoms. The number of amides is 2. The van der Waals surface area contributed by atoms with Crippen LogP contribution in [0.5, 0.6) is 5.75 Å². The molecule has 0 fully saturated rings. The average molecular weight is 383 g/mol. The molecule has 2 amide bonds. The van der Waals surface area contributed by atoms with E-state index < -0.39 is 11.8 Å². The highest BCUT2D eigenvalue weighted by atomic mass is 32.1. The second-order valence-electron chi connectivity index (χ2n) is 5.85. The molecule has 0 atom stereocenters. The Kier molecular flexibility index (Phi) is 7.51. The Bertz CT molecular complexity index is 831. The highest BCUT2D eigenvalue weighted by Gasteiger charge is 2.05. The smallest absolute Gasteiger partial charge is 0.276 e. The third-order valence-electron chi connectivity index (χ3n) is 3.34. The fourth-order valence-electron chi connectivity index (χ4n) is 2.25.